The van der Waals surface area contributed by atoms with E-state index in [1.807, 2.05) is 28.8 Å². The van der Waals surface area contributed by atoms with Crippen LogP contribution in [0.25, 0.3) is 5.69 Å². The summed E-state index contributed by atoms with van der Waals surface area (Å²) in [7, 11) is 0. The van der Waals surface area contributed by atoms with Crippen molar-refractivity contribution in [3.8, 4) is 11.4 Å². The largest absolute Gasteiger partial charge is 0.485 e. The van der Waals surface area contributed by atoms with Crippen LogP contribution < -0.4 is 10.1 Å². The Balaban J connectivity index is 1.65. The van der Waals surface area contributed by atoms with Gasteiger partial charge < -0.3 is 10.1 Å². The minimum Gasteiger partial charge on any atom is -0.485 e. The molecule has 0 aliphatic carbocycles. The first kappa shape index (κ1) is 13.8. The van der Waals surface area contributed by atoms with Crippen molar-refractivity contribution in [2.45, 2.75) is 6.61 Å². The number of anilines is 1. The average Bonchev–Trinajstić information content (AvgIpc) is 3.01. The molecular weight excluding hydrogens is 314 g/mol. The molecule has 1 N–H and O–H groups in total. The quantitative estimate of drug-likeness (QED) is 0.782. The van der Waals surface area contributed by atoms with Gasteiger partial charge in [-0.2, -0.15) is 0 Å². The first-order valence-corrected chi connectivity index (χ1v) is 7.45. The van der Waals surface area contributed by atoms with Gasteiger partial charge in [0.25, 0.3) is 5.91 Å². The molecule has 1 aliphatic rings. The van der Waals surface area contributed by atoms with Crippen LogP contribution >= 0.6 is 11.6 Å². The Morgan fingerprint density at radius 3 is 2.78 bits per heavy atom. The molecule has 4 rings (SSSR count). The van der Waals surface area contributed by atoms with Crippen LogP contribution in [0.4, 0.5) is 5.69 Å². The van der Waals surface area contributed by atoms with Crippen LogP contribution in [0.15, 0.2) is 54.9 Å². The van der Waals surface area contributed by atoms with Crippen LogP contribution in [0.5, 0.6) is 5.75 Å². The van der Waals surface area contributed by atoms with E-state index in [9.17, 15) is 4.79 Å². The predicted molar refractivity (Wildman–Crippen MR) is 87.3 cm³/mol. The lowest BCUT2D eigenvalue weighted by molar-refractivity contribution is 0.101. The number of ether oxygens (including phenoxy) is 1. The number of imidazole rings is 1. The molecule has 2 heterocycles. The molecule has 0 saturated carbocycles. The third kappa shape index (κ3) is 2.45. The second-order valence-corrected chi connectivity index (χ2v) is 5.56. The van der Waals surface area contributed by atoms with Crippen molar-refractivity contribution < 1.29 is 9.53 Å². The fourth-order valence-electron chi connectivity index (χ4n) is 2.56. The fourth-order valence-corrected chi connectivity index (χ4v) is 2.68. The molecule has 0 unspecified atom stereocenters. The summed E-state index contributed by atoms with van der Waals surface area (Å²) in [5.41, 5.74) is 2.63. The normalized spacial score (nSPS) is 12.0. The second kappa shape index (κ2) is 5.44. The van der Waals surface area contributed by atoms with Crippen LogP contribution in [-0.2, 0) is 6.61 Å². The van der Waals surface area contributed by atoms with Crippen LogP contribution in [0, 0.1) is 0 Å². The number of hydrogen-bond donors (Lipinski definition) is 1. The Kier molecular flexibility index (Phi) is 3.28. The highest BCUT2D eigenvalue weighted by molar-refractivity contribution is 6.30. The van der Waals surface area contributed by atoms with Crippen LogP contribution in [-0.4, -0.2) is 15.5 Å². The smallest absolute Gasteiger partial charge is 0.276 e. The van der Waals surface area contributed by atoms with E-state index < -0.39 is 0 Å². The zero-order valence-electron chi connectivity index (χ0n) is 12.0. The highest BCUT2D eigenvalue weighted by Crippen LogP contribution is 2.30. The molecule has 114 valence electrons. The third-order valence-corrected chi connectivity index (χ3v) is 3.92. The van der Waals surface area contributed by atoms with Gasteiger partial charge in [0.2, 0.25) is 0 Å². The molecule has 0 fully saturated rings. The molecule has 1 amide bonds. The summed E-state index contributed by atoms with van der Waals surface area (Å²) in [5.74, 6) is 0.506. The van der Waals surface area contributed by atoms with Gasteiger partial charge in [0.15, 0.2) is 5.69 Å². The van der Waals surface area contributed by atoms with Gasteiger partial charge in [-0.05, 0) is 36.4 Å². The zero-order valence-corrected chi connectivity index (χ0v) is 12.7. The number of benzene rings is 2. The Bertz CT molecular complexity index is 887. The van der Waals surface area contributed by atoms with E-state index in [0.717, 1.165) is 17.1 Å². The van der Waals surface area contributed by atoms with E-state index in [-0.39, 0.29) is 5.91 Å². The third-order valence-electron chi connectivity index (χ3n) is 3.67. The SMILES string of the molecule is O=C(Nc1ccc(Cl)cc1)c1ncn2c1COc1ccccc1-2. The van der Waals surface area contributed by atoms with Crippen molar-refractivity contribution in [2.24, 2.45) is 0 Å². The molecule has 1 aromatic heterocycles. The van der Waals surface area contributed by atoms with Crippen LogP contribution in [0.1, 0.15) is 16.2 Å². The van der Waals surface area contributed by atoms with Crippen molar-refractivity contribution in [1.29, 1.82) is 0 Å². The van der Waals surface area contributed by atoms with Gasteiger partial charge >= 0.3 is 0 Å². The standard InChI is InChI=1S/C17H12ClN3O2/c18-11-5-7-12(8-6-11)20-17(22)16-14-9-23-15-4-2-1-3-13(15)21(14)10-19-16/h1-8,10H,9H2,(H,20,22). The molecule has 0 spiro atoms. The summed E-state index contributed by atoms with van der Waals surface area (Å²) in [5, 5.41) is 3.43. The van der Waals surface area contributed by atoms with Crippen molar-refractivity contribution in [3.05, 3.63) is 71.3 Å². The summed E-state index contributed by atoms with van der Waals surface area (Å²) in [6.07, 6.45) is 1.65. The Morgan fingerprint density at radius 2 is 1.96 bits per heavy atom. The molecule has 5 nitrogen and oxygen atoms in total. The second-order valence-electron chi connectivity index (χ2n) is 5.13. The van der Waals surface area contributed by atoms with Crippen molar-refractivity contribution >= 4 is 23.2 Å². The van der Waals surface area contributed by atoms with E-state index in [1.54, 1.807) is 30.6 Å². The van der Waals surface area contributed by atoms with Crippen LogP contribution in [0.3, 0.4) is 0 Å². The summed E-state index contributed by atoms with van der Waals surface area (Å²) < 4.78 is 7.59. The fraction of sp³-hybridized carbons (Fsp3) is 0.0588. The molecular formula is C17H12ClN3O2. The number of hydrogen-bond acceptors (Lipinski definition) is 3. The first-order chi connectivity index (χ1) is 11.2. The monoisotopic (exact) mass is 325 g/mol. The molecule has 0 atom stereocenters. The van der Waals surface area contributed by atoms with E-state index in [4.69, 9.17) is 16.3 Å². The summed E-state index contributed by atoms with van der Waals surface area (Å²) in [6.45, 7) is 0.306. The van der Waals surface area contributed by atoms with Gasteiger partial charge in [0, 0.05) is 10.7 Å². The Hall–Kier alpha value is -2.79. The number of fused-ring (bicyclic) bond motifs is 3. The summed E-state index contributed by atoms with van der Waals surface area (Å²) in [6, 6.07) is 14.6. The van der Waals surface area contributed by atoms with Crippen molar-refractivity contribution in [2.75, 3.05) is 5.32 Å². The van der Waals surface area contributed by atoms with Gasteiger partial charge in [0.1, 0.15) is 18.7 Å². The number of aromatic nitrogens is 2. The maximum Gasteiger partial charge on any atom is 0.276 e. The first-order valence-electron chi connectivity index (χ1n) is 7.08. The molecule has 0 saturated heterocycles. The number of para-hydroxylation sites is 2. The zero-order chi connectivity index (χ0) is 15.8. The van der Waals surface area contributed by atoms with Gasteiger partial charge in [-0.25, -0.2) is 4.98 Å². The van der Waals surface area contributed by atoms with Crippen molar-refractivity contribution in [3.63, 3.8) is 0 Å². The summed E-state index contributed by atoms with van der Waals surface area (Å²) >= 11 is 5.85. The lowest BCUT2D eigenvalue weighted by Gasteiger charge is -2.20. The molecule has 6 heteroatoms. The lowest BCUT2D eigenvalue weighted by atomic mass is 10.2. The minimum atomic E-state index is -0.274. The number of rotatable bonds is 2. The molecule has 0 radical (unpaired) electrons. The lowest BCUT2D eigenvalue weighted by Crippen LogP contribution is -2.19. The average molecular weight is 326 g/mol. The highest BCUT2D eigenvalue weighted by atomic mass is 35.5. The maximum atomic E-state index is 12.5. The van der Waals surface area contributed by atoms with Gasteiger partial charge in [0.05, 0.1) is 11.4 Å². The van der Waals surface area contributed by atoms with Gasteiger partial charge in [-0.15, -0.1) is 0 Å². The highest BCUT2D eigenvalue weighted by Gasteiger charge is 2.24. The number of amides is 1. The Labute approximate surface area is 137 Å². The number of nitrogens with zero attached hydrogens (tertiary/aromatic N) is 2. The molecule has 1 aliphatic heterocycles. The molecule has 2 aromatic carbocycles. The van der Waals surface area contributed by atoms with E-state index in [2.05, 4.69) is 10.3 Å². The molecule has 0 bridgehead atoms. The van der Waals surface area contributed by atoms with Gasteiger partial charge in [-0.3, -0.25) is 9.36 Å². The van der Waals surface area contributed by atoms with E-state index in [1.165, 1.54) is 0 Å². The molecule has 23 heavy (non-hydrogen) atoms. The van der Waals surface area contributed by atoms with Crippen LogP contribution in [0.2, 0.25) is 5.02 Å². The number of carbonyl (C=O) groups is 1. The number of halogens is 1. The van der Waals surface area contributed by atoms with Gasteiger partial charge in [-0.1, -0.05) is 23.7 Å². The summed E-state index contributed by atoms with van der Waals surface area (Å²) in [4.78, 5) is 16.7. The Morgan fingerprint density at radius 1 is 1.17 bits per heavy atom. The van der Waals surface area contributed by atoms with E-state index >= 15 is 0 Å². The molecule has 3 aromatic rings. The topological polar surface area (TPSA) is 56.2 Å². The number of nitrogens with one attached hydrogen (secondary N) is 1. The predicted octanol–water partition coefficient (Wildman–Crippen LogP) is 3.67. The maximum absolute atomic E-state index is 12.5. The minimum absolute atomic E-state index is 0.274. The van der Waals surface area contributed by atoms with Crippen molar-refractivity contribution in [1.82, 2.24) is 9.55 Å². The number of carbonyl (C=O) groups excluding carboxylic acids is 1. The van der Waals surface area contributed by atoms with E-state index in [0.29, 0.717) is 23.0 Å².